The van der Waals surface area contributed by atoms with Gasteiger partial charge in [0.2, 0.25) is 11.8 Å². The predicted molar refractivity (Wildman–Crippen MR) is 60.5 cm³/mol. The Bertz CT molecular complexity index is 308. The second-order valence-electron chi connectivity index (χ2n) is 5.31. The van der Waals surface area contributed by atoms with Crippen LogP contribution >= 0.6 is 0 Å². The van der Waals surface area contributed by atoms with Crippen LogP contribution in [0.25, 0.3) is 0 Å². The van der Waals surface area contributed by atoms with Crippen LogP contribution in [-0.4, -0.2) is 29.8 Å². The first-order valence-corrected chi connectivity index (χ1v) is 6.14. The summed E-state index contributed by atoms with van der Waals surface area (Å²) in [6, 6.07) is 0. The molecule has 1 spiro atoms. The summed E-state index contributed by atoms with van der Waals surface area (Å²) in [6.45, 7) is 2.99. The van der Waals surface area contributed by atoms with E-state index in [2.05, 4.69) is 0 Å². The molecule has 2 amide bonds. The van der Waals surface area contributed by atoms with Crippen molar-refractivity contribution in [3.63, 3.8) is 0 Å². The van der Waals surface area contributed by atoms with E-state index in [1.54, 1.807) is 0 Å². The lowest BCUT2D eigenvalue weighted by atomic mass is 9.84. The molecule has 0 aromatic carbocycles. The molecule has 2 aliphatic rings. The van der Waals surface area contributed by atoms with Gasteiger partial charge in [-0.2, -0.15) is 0 Å². The molecular formula is C12H20N2O2. The Morgan fingerprint density at radius 2 is 2.00 bits per heavy atom. The molecule has 0 aromatic rings. The minimum absolute atomic E-state index is 0.00667. The van der Waals surface area contributed by atoms with Gasteiger partial charge in [0.15, 0.2) is 0 Å². The highest BCUT2D eigenvalue weighted by Gasteiger charge is 2.52. The Morgan fingerprint density at radius 3 is 2.56 bits per heavy atom. The van der Waals surface area contributed by atoms with E-state index in [1.807, 2.05) is 6.92 Å². The van der Waals surface area contributed by atoms with Crippen molar-refractivity contribution in [3.05, 3.63) is 0 Å². The summed E-state index contributed by atoms with van der Waals surface area (Å²) in [4.78, 5) is 25.6. The van der Waals surface area contributed by atoms with E-state index in [0.29, 0.717) is 19.5 Å². The van der Waals surface area contributed by atoms with Gasteiger partial charge in [0.05, 0.1) is 5.41 Å². The van der Waals surface area contributed by atoms with Crippen LogP contribution in [0.5, 0.6) is 0 Å². The molecule has 0 radical (unpaired) electrons. The van der Waals surface area contributed by atoms with Crippen molar-refractivity contribution in [1.82, 2.24) is 4.90 Å². The average Bonchev–Trinajstić information content (AvgIpc) is 2.81. The van der Waals surface area contributed by atoms with E-state index in [4.69, 9.17) is 5.73 Å². The number of carbonyl (C=O) groups is 2. The summed E-state index contributed by atoms with van der Waals surface area (Å²) in [5, 5.41) is 0. The molecule has 16 heavy (non-hydrogen) atoms. The molecule has 4 heteroatoms. The largest absolute Gasteiger partial charge is 0.330 e. The van der Waals surface area contributed by atoms with Crippen LogP contribution in [0.15, 0.2) is 0 Å². The van der Waals surface area contributed by atoms with Crippen molar-refractivity contribution in [2.45, 2.75) is 39.0 Å². The summed E-state index contributed by atoms with van der Waals surface area (Å²) >= 11 is 0. The van der Waals surface area contributed by atoms with Crippen LogP contribution in [-0.2, 0) is 9.59 Å². The molecule has 1 aliphatic carbocycles. The van der Waals surface area contributed by atoms with Crippen LogP contribution < -0.4 is 5.73 Å². The molecule has 0 bridgehead atoms. The van der Waals surface area contributed by atoms with Crippen molar-refractivity contribution < 1.29 is 9.59 Å². The third-order valence-electron chi connectivity index (χ3n) is 3.95. The maximum atomic E-state index is 12.3. The van der Waals surface area contributed by atoms with Crippen molar-refractivity contribution in [3.8, 4) is 0 Å². The van der Waals surface area contributed by atoms with Crippen molar-refractivity contribution in [1.29, 1.82) is 0 Å². The minimum atomic E-state index is -0.328. The molecule has 1 unspecified atom stereocenters. The topological polar surface area (TPSA) is 63.4 Å². The Labute approximate surface area is 96.2 Å². The fourth-order valence-corrected chi connectivity index (χ4v) is 2.87. The van der Waals surface area contributed by atoms with Gasteiger partial charge in [-0.3, -0.25) is 14.5 Å². The normalized spacial score (nSPS) is 25.8. The van der Waals surface area contributed by atoms with E-state index in [1.165, 1.54) is 4.90 Å². The summed E-state index contributed by atoms with van der Waals surface area (Å²) in [6.07, 6.45) is 4.39. The van der Waals surface area contributed by atoms with Crippen LogP contribution in [0.2, 0.25) is 0 Å². The molecule has 0 aromatic heterocycles. The Balaban J connectivity index is 2.10. The van der Waals surface area contributed by atoms with E-state index in [9.17, 15) is 9.59 Å². The van der Waals surface area contributed by atoms with Crippen LogP contribution in [0.4, 0.5) is 0 Å². The molecular weight excluding hydrogens is 204 g/mol. The monoisotopic (exact) mass is 224 g/mol. The maximum Gasteiger partial charge on any atom is 0.235 e. The molecule has 1 saturated heterocycles. The number of rotatable bonds is 3. The number of nitrogens with zero attached hydrogens (tertiary/aromatic N) is 1. The number of carbonyl (C=O) groups excluding carboxylic acids is 2. The zero-order valence-corrected chi connectivity index (χ0v) is 9.87. The first-order chi connectivity index (χ1) is 7.59. The van der Waals surface area contributed by atoms with Gasteiger partial charge in [0.25, 0.3) is 0 Å². The van der Waals surface area contributed by atoms with Crippen molar-refractivity contribution in [2.24, 2.45) is 17.1 Å². The van der Waals surface area contributed by atoms with Crippen LogP contribution in [0.1, 0.15) is 39.0 Å². The third-order valence-corrected chi connectivity index (χ3v) is 3.95. The second kappa shape index (κ2) is 4.17. The number of imide groups is 1. The van der Waals surface area contributed by atoms with Gasteiger partial charge in [-0.05, 0) is 25.3 Å². The zero-order valence-electron chi connectivity index (χ0n) is 9.87. The van der Waals surface area contributed by atoms with E-state index >= 15 is 0 Å². The number of nitrogens with two attached hydrogens (primary N) is 1. The molecule has 1 aliphatic heterocycles. The Morgan fingerprint density at radius 1 is 1.38 bits per heavy atom. The number of hydrogen-bond acceptors (Lipinski definition) is 3. The van der Waals surface area contributed by atoms with E-state index in [0.717, 1.165) is 25.7 Å². The van der Waals surface area contributed by atoms with Crippen LogP contribution in [0.3, 0.4) is 0 Å². The molecule has 1 heterocycles. The van der Waals surface area contributed by atoms with Crippen molar-refractivity contribution >= 4 is 11.8 Å². The van der Waals surface area contributed by atoms with Gasteiger partial charge in [-0.15, -0.1) is 0 Å². The quantitative estimate of drug-likeness (QED) is 0.724. The SMILES string of the molecule is CC(CN)CN1C(=O)CC2(CCCC2)C1=O. The summed E-state index contributed by atoms with van der Waals surface area (Å²) < 4.78 is 0. The third kappa shape index (κ3) is 1.75. The van der Waals surface area contributed by atoms with E-state index in [-0.39, 0.29) is 23.1 Å². The summed E-state index contributed by atoms with van der Waals surface area (Å²) in [7, 11) is 0. The molecule has 1 atom stereocenters. The van der Waals surface area contributed by atoms with Gasteiger partial charge >= 0.3 is 0 Å². The Kier molecular flexibility index (Phi) is 3.02. The lowest BCUT2D eigenvalue weighted by molar-refractivity contribution is -0.141. The Hall–Kier alpha value is -0.900. The fraction of sp³-hybridized carbons (Fsp3) is 0.833. The molecule has 2 rings (SSSR count). The molecule has 2 N–H and O–H groups in total. The lowest BCUT2D eigenvalue weighted by Crippen LogP contribution is -2.38. The molecule has 4 nitrogen and oxygen atoms in total. The predicted octanol–water partition coefficient (Wildman–Crippen LogP) is 0.900. The standard InChI is InChI=1S/C12H20N2O2/c1-9(7-13)8-14-10(15)6-12(11(14)16)4-2-3-5-12/h9H,2-8,13H2,1H3. The number of likely N-dealkylation sites (tertiary alicyclic amines) is 1. The second-order valence-corrected chi connectivity index (χ2v) is 5.31. The van der Waals surface area contributed by atoms with Gasteiger partial charge < -0.3 is 5.73 Å². The van der Waals surface area contributed by atoms with Gasteiger partial charge in [-0.1, -0.05) is 19.8 Å². The maximum absolute atomic E-state index is 12.3. The first kappa shape index (κ1) is 11.6. The zero-order chi connectivity index (χ0) is 11.8. The van der Waals surface area contributed by atoms with Gasteiger partial charge in [0.1, 0.15) is 0 Å². The van der Waals surface area contributed by atoms with Gasteiger partial charge in [0, 0.05) is 13.0 Å². The number of hydrogen-bond donors (Lipinski definition) is 1. The van der Waals surface area contributed by atoms with Crippen molar-refractivity contribution in [2.75, 3.05) is 13.1 Å². The highest BCUT2D eigenvalue weighted by molar-refractivity contribution is 6.06. The lowest BCUT2D eigenvalue weighted by Gasteiger charge is -2.22. The average molecular weight is 224 g/mol. The molecule has 90 valence electrons. The highest BCUT2D eigenvalue weighted by atomic mass is 16.2. The molecule has 1 saturated carbocycles. The fourth-order valence-electron chi connectivity index (χ4n) is 2.87. The first-order valence-electron chi connectivity index (χ1n) is 6.14. The number of amides is 2. The smallest absolute Gasteiger partial charge is 0.235 e. The highest BCUT2D eigenvalue weighted by Crippen LogP contribution is 2.46. The summed E-state index contributed by atoms with van der Waals surface area (Å²) in [5.41, 5.74) is 5.21. The van der Waals surface area contributed by atoms with Crippen LogP contribution in [0, 0.1) is 11.3 Å². The van der Waals surface area contributed by atoms with Gasteiger partial charge in [-0.25, -0.2) is 0 Å². The minimum Gasteiger partial charge on any atom is -0.330 e. The summed E-state index contributed by atoms with van der Waals surface area (Å²) in [5.74, 6) is 0.270. The van der Waals surface area contributed by atoms with E-state index < -0.39 is 0 Å². The molecule has 2 fully saturated rings.